The van der Waals surface area contributed by atoms with Crippen LogP contribution in [0.5, 0.6) is 0 Å². The average molecular weight is 280 g/mol. The molecule has 0 bridgehead atoms. The summed E-state index contributed by atoms with van der Waals surface area (Å²) in [6.45, 7) is 8.20. The molecule has 4 heteroatoms. The minimum absolute atomic E-state index is 0.0502. The first kappa shape index (κ1) is 18.6. The van der Waals surface area contributed by atoms with E-state index in [2.05, 4.69) is 19.2 Å². The molecule has 114 valence electrons. The first-order chi connectivity index (χ1) is 9.63. The number of hydrogen-bond acceptors (Lipinski definition) is 3. The fraction of sp³-hybridized carbons (Fsp3) is 0.562. The molecule has 0 saturated heterocycles. The highest BCUT2D eigenvalue weighted by molar-refractivity contribution is 5.78. The van der Waals surface area contributed by atoms with Gasteiger partial charge in [-0.25, -0.2) is 0 Å². The van der Waals surface area contributed by atoms with Crippen molar-refractivity contribution in [2.24, 2.45) is 5.73 Å². The van der Waals surface area contributed by atoms with Gasteiger partial charge in [0.25, 0.3) is 0 Å². The topological polar surface area (TPSA) is 75.4 Å². The number of carbonyl (C=O) groups is 1. The number of fused-ring (bicyclic) bond motifs is 1. The highest BCUT2D eigenvalue weighted by atomic mass is 16.3. The third kappa shape index (κ3) is 5.31. The van der Waals surface area contributed by atoms with Gasteiger partial charge in [0, 0.05) is 6.42 Å². The monoisotopic (exact) mass is 280 g/mol. The van der Waals surface area contributed by atoms with Gasteiger partial charge in [-0.1, -0.05) is 58.4 Å². The van der Waals surface area contributed by atoms with Crippen molar-refractivity contribution in [3.05, 3.63) is 35.4 Å². The number of nitrogens with two attached hydrogens (primary N) is 1. The summed E-state index contributed by atoms with van der Waals surface area (Å²) in [5.74, 6) is -0.240. The summed E-state index contributed by atoms with van der Waals surface area (Å²) in [5, 5.41) is 12.5. The summed E-state index contributed by atoms with van der Waals surface area (Å²) >= 11 is 0. The standard InChI is InChI=1S/C11H14N2O2.C3H8.C2H6/c12-6-10(15)13-11-8-4-2-1-3-7(8)5-9(11)14;1-3-2;1-2/h1-4,9,11,14H,5-6,12H2,(H,13,15);3H2,1-2H3;1-2H3. The summed E-state index contributed by atoms with van der Waals surface area (Å²) in [7, 11) is 0. The van der Waals surface area contributed by atoms with Crippen LogP contribution in [0.2, 0.25) is 0 Å². The maximum atomic E-state index is 11.2. The zero-order valence-electron chi connectivity index (χ0n) is 13.0. The smallest absolute Gasteiger partial charge is 0.234 e. The molecule has 1 aromatic carbocycles. The number of hydrogen-bond donors (Lipinski definition) is 3. The van der Waals surface area contributed by atoms with E-state index < -0.39 is 6.10 Å². The summed E-state index contributed by atoms with van der Waals surface area (Å²) in [6.07, 6.45) is 1.30. The molecule has 20 heavy (non-hydrogen) atoms. The Morgan fingerprint density at radius 3 is 2.45 bits per heavy atom. The molecule has 2 rings (SSSR count). The van der Waals surface area contributed by atoms with Gasteiger partial charge in [-0.15, -0.1) is 0 Å². The van der Waals surface area contributed by atoms with Crippen molar-refractivity contribution in [3.63, 3.8) is 0 Å². The van der Waals surface area contributed by atoms with Crippen molar-refractivity contribution in [3.8, 4) is 0 Å². The van der Waals surface area contributed by atoms with Crippen LogP contribution in [0.4, 0.5) is 0 Å². The lowest BCUT2D eigenvalue weighted by Gasteiger charge is -2.17. The van der Waals surface area contributed by atoms with E-state index in [0.717, 1.165) is 11.1 Å². The summed E-state index contributed by atoms with van der Waals surface area (Å²) in [4.78, 5) is 11.2. The second-order valence-electron chi connectivity index (χ2n) is 4.43. The molecule has 1 aliphatic rings. The van der Waals surface area contributed by atoms with Gasteiger partial charge in [-0.3, -0.25) is 4.79 Å². The van der Waals surface area contributed by atoms with E-state index in [0.29, 0.717) is 6.42 Å². The summed E-state index contributed by atoms with van der Waals surface area (Å²) in [6, 6.07) is 7.41. The first-order valence-corrected chi connectivity index (χ1v) is 7.39. The van der Waals surface area contributed by atoms with Crippen molar-refractivity contribution in [2.75, 3.05) is 6.54 Å². The number of rotatable bonds is 2. The third-order valence-corrected chi connectivity index (χ3v) is 2.71. The quantitative estimate of drug-likeness (QED) is 0.777. The van der Waals surface area contributed by atoms with Crippen LogP contribution >= 0.6 is 0 Å². The van der Waals surface area contributed by atoms with E-state index in [4.69, 9.17) is 5.73 Å². The second kappa shape index (κ2) is 10.4. The molecule has 1 amide bonds. The number of nitrogens with one attached hydrogen (secondary N) is 1. The minimum Gasteiger partial charge on any atom is -0.390 e. The highest BCUT2D eigenvalue weighted by Gasteiger charge is 2.31. The zero-order chi connectivity index (χ0) is 15.5. The lowest BCUT2D eigenvalue weighted by Crippen LogP contribution is -2.37. The molecule has 0 aliphatic heterocycles. The van der Waals surface area contributed by atoms with Gasteiger partial charge in [0.1, 0.15) is 0 Å². The van der Waals surface area contributed by atoms with Crippen LogP contribution in [0.1, 0.15) is 51.3 Å². The van der Waals surface area contributed by atoms with Crippen LogP contribution in [0.15, 0.2) is 24.3 Å². The average Bonchev–Trinajstić information content (AvgIpc) is 2.78. The van der Waals surface area contributed by atoms with Crippen LogP contribution in [0.25, 0.3) is 0 Å². The van der Waals surface area contributed by atoms with Gasteiger partial charge < -0.3 is 16.2 Å². The molecule has 0 spiro atoms. The number of benzene rings is 1. The van der Waals surface area contributed by atoms with Crippen LogP contribution in [0.3, 0.4) is 0 Å². The van der Waals surface area contributed by atoms with E-state index in [1.54, 1.807) is 0 Å². The molecule has 0 radical (unpaired) electrons. The van der Waals surface area contributed by atoms with E-state index in [9.17, 15) is 9.90 Å². The Kier molecular flexibility index (Phi) is 9.68. The zero-order valence-corrected chi connectivity index (χ0v) is 13.0. The molecule has 2 unspecified atom stereocenters. The maximum Gasteiger partial charge on any atom is 0.234 e. The van der Waals surface area contributed by atoms with Crippen LogP contribution in [-0.2, 0) is 11.2 Å². The second-order valence-corrected chi connectivity index (χ2v) is 4.43. The summed E-state index contributed by atoms with van der Waals surface area (Å²) in [5.41, 5.74) is 7.30. The van der Waals surface area contributed by atoms with E-state index >= 15 is 0 Å². The van der Waals surface area contributed by atoms with Gasteiger partial charge in [-0.05, 0) is 11.1 Å². The number of amides is 1. The molecule has 0 heterocycles. The van der Waals surface area contributed by atoms with Crippen LogP contribution < -0.4 is 11.1 Å². The highest BCUT2D eigenvalue weighted by Crippen LogP contribution is 2.30. The molecule has 1 aliphatic carbocycles. The van der Waals surface area contributed by atoms with Crippen LogP contribution in [-0.4, -0.2) is 23.7 Å². The largest absolute Gasteiger partial charge is 0.390 e. The fourth-order valence-corrected chi connectivity index (χ4v) is 1.98. The van der Waals surface area contributed by atoms with E-state index in [-0.39, 0.29) is 18.5 Å². The van der Waals surface area contributed by atoms with Crippen molar-refractivity contribution >= 4 is 5.91 Å². The van der Waals surface area contributed by atoms with E-state index in [1.807, 2.05) is 38.1 Å². The number of aliphatic hydroxyl groups excluding tert-OH is 1. The molecule has 0 fully saturated rings. The Morgan fingerprint density at radius 2 is 1.90 bits per heavy atom. The third-order valence-electron chi connectivity index (χ3n) is 2.71. The van der Waals surface area contributed by atoms with Gasteiger partial charge in [0.2, 0.25) is 5.91 Å². The van der Waals surface area contributed by atoms with Crippen molar-refractivity contribution < 1.29 is 9.90 Å². The molecule has 0 saturated carbocycles. The first-order valence-electron chi connectivity index (χ1n) is 7.39. The fourth-order valence-electron chi connectivity index (χ4n) is 1.98. The molecule has 4 N–H and O–H groups in total. The predicted molar refractivity (Wildman–Crippen MR) is 83.4 cm³/mol. The van der Waals surface area contributed by atoms with Crippen molar-refractivity contribution in [2.45, 2.75) is 52.7 Å². The maximum absolute atomic E-state index is 11.2. The SMILES string of the molecule is CC.CCC.NCC(=O)NC1c2ccccc2CC1O. The Bertz CT molecular complexity index is 394. The predicted octanol–water partition coefficient (Wildman–Crippen LogP) is 2.16. The summed E-state index contributed by atoms with van der Waals surface area (Å²) < 4.78 is 0. The Hall–Kier alpha value is -1.39. The van der Waals surface area contributed by atoms with Gasteiger partial charge in [0.15, 0.2) is 0 Å². The van der Waals surface area contributed by atoms with Crippen molar-refractivity contribution in [1.82, 2.24) is 5.32 Å². The lowest BCUT2D eigenvalue weighted by atomic mass is 10.1. The lowest BCUT2D eigenvalue weighted by molar-refractivity contribution is -0.121. The van der Waals surface area contributed by atoms with Gasteiger partial charge in [-0.2, -0.15) is 0 Å². The molecular formula is C16H28N2O2. The Balaban J connectivity index is 0.000000641. The van der Waals surface area contributed by atoms with Crippen molar-refractivity contribution in [1.29, 1.82) is 0 Å². The molecule has 2 atom stereocenters. The van der Waals surface area contributed by atoms with Gasteiger partial charge in [0.05, 0.1) is 18.7 Å². The van der Waals surface area contributed by atoms with E-state index in [1.165, 1.54) is 6.42 Å². The molecular weight excluding hydrogens is 252 g/mol. The molecule has 0 aromatic heterocycles. The minimum atomic E-state index is -0.544. The number of aliphatic hydroxyl groups is 1. The Morgan fingerprint density at radius 1 is 1.35 bits per heavy atom. The molecule has 4 nitrogen and oxygen atoms in total. The van der Waals surface area contributed by atoms with Gasteiger partial charge >= 0.3 is 0 Å². The number of carbonyl (C=O) groups excluding carboxylic acids is 1. The normalized spacial score (nSPS) is 18.9. The molecule has 1 aromatic rings. The van der Waals surface area contributed by atoms with Crippen LogP contribution in [0, 0.1) is 0 Å². The Labute approximate surface area is 122 Å².